The Morgan fingerprint density at radius 2 is 1.80 bits per heavy atom. The lowest BCUT2D eigenvalue weighted by Crippen LogP contribution is -2.28. The summed E-state index contributed by atoms with van der Waals surface area (Å²) in [7, 11) is 4.74. The lowest BCUT2D eigenvalue weighted by atomic mass is 10.1. The number of nitrogens with one attached hydrogen (secondary N) is 2. The van der Waals surface area contributed by atoms with Crippen LogP contribution in [0, 0.1) is 6.92 Å². The fraction of sp³-hybridized carbons (Fsp3) is 0.364. The number of thiocarbonyl (C=S) groups is 1. The van der Waals surface area contributed by atoms with E-state index in [-0.39, 0.29) is 5.91 Å². The molecule has 2 aromatic rings. The maximum Gasteiger partial charge on any atom is 0.227 e. The van der Waals surface area contributed by atoms with Gasteiger partial charge in [0.2, 0.25) is 11.7 Å². The smallest absolute Gasteiger partial charge is 0.227 e. The fourth-order valence-corrected chi connectivity index (χ4v) is 3.67. The second kappa shape index (κ2) is 9.67. The van der Waals surface area contributed by atoms with Gasteiger partial charge in [-0.25, -0.2) is 0 Å². The molecule has 1 heterocycles. The van der Waals surface area contributed by atoms with Crippen LogP contribution in [0.4, 0.5) is 11.4 Å². The molecule has 0 spiro atoms. The molecule has 0 saturated carbocycles. The van der Waals surface area contributed by atoms with Crippen molar-refractivity contribution in [2.75, 3.05) is 38.1 Å². The minimum Gasteiger partial charge on any atom is -0.493 e. The number of methoxy groups -OCH3 is 3. The molecule has 0 atom stereocenters. The van der Waals surface area contributed by atoms with Crippen molar-refractivity contribution in [3.63, 3.8) is 0 Å². The average Bonchev–Trinajstić information content (AvgIpc) is 3.18. The van der Waals surface area contributed by atoms with E-state index in [1.54, 1.807) is 21.3 Å². The van der Waals surface area contributed by atoms with Gasteiger partial charge >= 0.3 is 0 Å². The molecule has 160 valence electrons. The van der Waals surface area contributed by atoms with E-state index in [9.17, 15) is 4.79 Å². The van der Waals surface area contributed by atoms with Gasteiger partial charge in [-0.3, -0.25) is 4.79 Å². The molecule has 1 aliphatic rings. The van der Waals surface area contributed by atoms with Crippen LogP contribution in [0.1, 0.15) is 24.0 Å². The molecule has 7 nitrogen and oxygen atoms in total. The Balaban J connectivity index is 1.67. The number of benzene rings is 2. The highest BCUT2D eigenvalue weighted by molar-refractivity contribution is 7.80. The minimum absolute atomic E-state index is 0.165. The van der Waals surface area contributed by atoms with Crippen molar-refractivity contribution in [1.29, 1.82) is 0 Å². The number of nitrogens with zero attached hydrogens (tertiary/aromatic N) is 1. The quantitative estimate of drug-likeness (QED) is 0.651. The highest BCUT2D eigenvalue weighted by Crippen LogP contribution is 2.38. The van der Waals surface area contributed by atoms with Crippen LogP contribution in [-0.2, 0) is 11.3 Å². The topological polar surface area (TPSA) is 72.1 Å². The SMILES string of the molecule is COc1cc(CNC(=S)Nc2ccc(C)c(N3CCCC3=O)c2)cc(OC)c1OC. The van der Waals surface area contributed by atoms with Crippen LogP contribution in [0.25, 0.3) is 0 Å². The molecule has 2 N–H and O–H groups in total. The molecule has 1 amide bonds. The van der Waals surface area contributed by atoms with Crippen LogP contribution in [0.2, 0.25) is 0 Å². The van der Waals surface area contributed by atoms with Gasteiger partial charge in [-0.2, -0.15) is 0 Å². The van der Waals surface area contributed by atoms with Crippen molar-refractivity contribution < 1.29 is 19.0 Å². The molecule has 2 aromatic carbocycles. The highest BCUT2D eigenvalue weighted by Gasteiger charge is 2.23. The Hall–Kier alpha value is -3.00. The number of aryl methyl sites for hydroxylation is 1. The number of anilines is 2. The Kier molecular flexibility index (Phi) is 6.99. The van der Waals surface area contributed by atoms with Crippen LogP contribution in [0.15, 0.2) is 30.3 Å². The van der Waals surface area contributed by atoms with Crippen molar-refractivity contribution in [2.45, 2.75) is 26.3 Å². The van der Waals surface area contributed by atoms with Crippen molar-refractivity contribution in [3.05, 3.63) is 41.5 Å². The standard InChI is InChI=1S/C22H27N3O4S/c1-14-7-8-16(12-17(14)25-9-5-6-20(25)26)24-22(30)23-13-15-10-18(27-2)21(29-4)19(11-15)28-3/h7-8,10-12H,5-6,9,13H2,1-4H3,(H2,23,24,30). The molecule has 0 unspecified atom stereocenters. The van der Waals surface area contributed by atoms with Crippen LogP contribution in [-0.4, -0.2) is 38.9 Å². The summed E-state index contributed by atoms with van der Waals surface area (Å²) in [5.74, 6) is 1.89. The van der Waals surface area contributed by atoms with Gasteiger partial charge in [-0.15, -0.1) is 0 Å². The van der Waals surface area contributed by atoms with Crippen molar-refractivity contribution in [1.82, 2.24) is 5.32 Å². The summed E-state index contributed by atoms with van der Waals surface area (Å²) >= 11 is 5.45. The molecular weight excluding hydrogens is 402 g/mol. The molecule has 0 aliphatic carbocycles. The summed E-state index contributed by atoms with van der Waals surface area (Å²) in [6, 6.07) is 9.66. The van der Waals surface area contributed by atoms with Gasteiger partial charge in [0.15, 0.2) is 16.6 Å². The molecule has 1 fully saturated rings. The zero-order valence-electron chi connectivity index (χ0n) is 17.7. The second-order valence-electron chi connectivity index (χ2n) is 6.99. The number of hydrogen-bond acceptors (Lipinski definition) is 5. The lowest BCUT2D eigenvalue weighted by Gasteiger charge is -2.20. The minimum atomic E-state index is 0.165. The third-order valence-electron chi connectivity index (χ3n) is 5.01. The summed E-state index contributed by atoms with van der Waals surface area (Å²) < 4.78 is 16.1. The van der Waals surface area contributed by atoms with E-state index < -0.39 is 0 Å². The monoisotopic (exact) mass is 429 g/mol. The van der Waals surface area contributed by atoms with E-state index in [4.69, 9.17) is 26.4 Å². The molecule has 0 radical (unpaired) electrons. The van der Waals surface area contributed by atoms with Gasteiger partial charge in [0.25, 0.3) is 0 Å². The third-order valence-corrected chi connectivity index (χ3v) is 5.26. The Morgan fingerprint density at radius 3 is 2.37 bits per heavy atom. The number of amides is 1. The van der Waals surface area contributed by atoms with Crippen LogP contribution >= 0.6 is 12.2 Å². The number of hydrogen-bond donors (Lipinski definition) is 2. The van der Waals surface area contributed by atoms with E-state index >= 15 is 0 Å². The first-order valence-electron chi connectivity index (χ1n) is 9.71. The zero-order chi connectivity index (χ0) is 21.7. The normalized spacial score (nSPS) is 13.2. The number of ether oxygens (including phenoxy) is 3. The van der Waals surface area contributed by atoms with E-state index in [1.807, 2.05) is 42.2 Å². The molecule has 8 heteroatoms. The van der Waals surface area contributed by atoms with Crippen molar-refractivity contribution in [2.24, 2.45) is 0 Å². The first-order valence-corrected chi connectivity index (χ1v) is 10.1. The second-order valence-corrected chi connectivity index (χ2v) is 7.40. The van der Waals surface area contributed by atoms with Gasteiger partial charge < -0.3 is 29.7 Å². The summed E-state index contributed by atoms with van der Waals surface area (Å²) in [5, 5.41) is 6.86. The summed E-state index contributed by atoms with van der Waals surface area (Å²) in [5.41, 5.74) is 3.75. The van der Waals surface area contributed by atoms with E-state index in [2.05, 4.69) is 10.6 Å². The van der Waals surface area contributed by atoms with Crippen LogP contribution in [0.3, 0.4) is 0 Å². The van der Waals surface area contributed by atoms with Crippen molar-refractivity contribution in [3.8, 4) is 17.2 Å². The first kappa shape index (κ1) is 21.7. The number of rotatable bonds is 7. The Bertz CT molecular complexity index is 923. The molecule has 1 saturated heterocycles. The van der Waals surface area contributed by atoms with Gasteiger partial charge in [0.05, 0.1) is 21.3 Å². The summed E-state index contributed by atoms with van der Waals surface area (Å²) in [6.07, 6.45) is 1.50. The molecular formula is C22H27N3O4S. The predicted octanol–water partition coefficient (Wildman–Crippen LogP) is 3.63. The summed E-state index contributed by atoms with van der Waals surface area (Å²) in [6.45, 7) is 3.24. The molecule has 0 aromatic heterocycles. The predicted molar refractivity (Wildman–Crippen MR) is 122 cm³/mol. The third kappa shape index (κ3) is 4.76. The van der Waals surface area contributed by atoms with Gasteiger partial charge in [0, 0.05) is 30.9 Å². The molecule has 3 rings (SSSR count). The average molecular weight is 430 g/mol. The van der Waals surface area contributed by atoms with Crippen LogP contribution in [0.5, 0.6) is 17.2 Å². The molecule has 1 aliphatic heterocycles. The number of carbonyl (C=O) groups excluding carboxylic acids is 1. The van der Waals surface area contributed by atoms with E-state index in [0.29, 0.717) is 35.3 Å². The number of carbonyl (C=O) groups is 1. The Labute approximate surface area is 182 Å². The van der Waals surface area contributed by atoms with Crippen molar-refractivity contribution >= 4 is 34.6 Å². The Morgan fingerprint density at radius 1 is 1.10 bits per heavy atom. The first-order chi connectivity index (χ1) is 14.5. The largest absolute Gasteiger partial charge is 0.493 e. The van der Waals surface area contributed by atoms with Gasteiger partial charge in [-0.1, -0.05) is 6.07 Å². The van der Waals surface area contributed by atoms with Gasteiger partial charge in [0.1, 0.15) is 0 Å². The van der Waals surface area contributed by atoms with Gasteiger partial charge in [-0.05, 0) is 61.0 Å². The maximum atomic E-state index is 12.1. The lowest BCUT2D eigenvalue weighted by molar-refractivity contribution is -0.117. The fourth-order valence-electron chi connectivity index (χ4n) is 3.48. The maximum absolute atomic E-state index is 12.1. The molecule has 30 heavy (non-hydrogen) atoms. The van der Waals surface area contributed by atoms with Crippen LogP contribution < -0.4 is 29.7 Å². The van der Waals surface area contributed by atoms with E-state index in [1.165, 1.54) is 0 Å². The molecule has 0 bridgehead atoms. The summed E-state index contributed by atoms with van der Waals surface area (Å²) in [4.78, 5) is 13.9. The highest BCUT2D eigenvalue weighted by atomic mass is 32.1. The van der Waals surface area contributed by atoms with E-state index in [0.717, 1.165) is 35.5 Å². The zero-order valence-corrected chi connectivity index (χ0v) is 18.5.